The van der Waals surface area contributed by atoms with Crippen molar-refractivity contribution in [1.82, 2.24) is 4.98 Å². The Morgan fingerprint density at radius 2 is 2.58 bits per heavy atom. The van der Waals surface area contributed by atoms with E-state index in [9.17, 15) is 4.79 Å². The number of carbonyl (C=O) groups excluding carboxylic acids is 1. The Labute approximate surface area is 73.4 Å². The molecule has 0 aliphatic carbocycles. The molecule has 0 aliphatic heterocycles. The molecule has 0 spiro atoms. The molecule has 1 aromatic rings. The highest BCUT2D eigenvalue weighted by Gasteiger charge is 1.96. The lowest BCUT2D eigenvalue weighted by Gasteiger charge is -1.81. The first-order valence-electron chi connectivity index (χ1n) is 3.25. The number of aliphatic hydroxyl groups excluding tert-OH is 1. The summed E-state index contributed by atoms with van der Waals surface area (Å²) in [6.07, 6.45) is 4.32. The van der Waals surface area contributed by atoms with E-state index in [1.54, 1.807) is 6.20 Å². The van der Waals surface area contributed by atoms with Crippen LogP contribution in [0.1, 0.15) is 9.88 Å². The van der Waals surface area contributed by atoms with E-state index in [-0.39, 0.29) is 6.61 Å². The Hall–Kier alpha value is -1.20. The molecule has 0 radical (unpaired) electrons. The van der Waals surface area contributed by atoms with Crippen molar-refractivity contribution in [2.45, 2.75) is 6.61 Å². The van der Waals surface area contributed by atoms with Crippen molar-refractivity contribution in [3.8, 4) is 0 Å². The molecule has 12 heavy (non-hydrogen) atoms. The molecule has 1 aromatic heterocycles. The summed E-state index contributed by atoms with van der Waals surface area (Å²) < 4.78 is 0. The van der Waals surface area contributed by atoms with Gasteiger partial charge in [-0.2, -0.15) is 0 Å². The lowest BCUT2D eigenvalue weighted by molar-refractivity contribution is -0.113. The fourth-order valence-corrected chi connectivity index (χ4v) is 1.31. The molecule has 0 fully saturated rings. The van der Waals surface area contributed by atoms with Crippen molar-refractivity contribution >= 4 is 23.3 Å². The van der Waals surface area contributed by atoms with Crippen molar-refractivity contribution in [2.24, 2.45) is 5.73 Å². The van der Waals surface area contributed by atoms with Gasteiger partial charge < -0.3 is 10.8 Å². The number of primary amides is 1. The number of thiazole rings is 1. The fraction of sp³-hybridized carbons (Fsp3) is 0.143. The average Bonchev–Trinajstić information content (AvgIpc) is 2.48. The third-order valence-electron chi connectivity index (χ3n) is 1.12. The van der Waals surface area contributed by atoms with Gasteiger partial charge in [0, 0.05) is 12.3 Å². The standard InChI is InChI=1S/C7H8N2O2S/c8-6(11)1-2-7-9-3-5(4-10)12-7/h1-3,10H,4H2,(H2,8,11). The molecule has 0 aromatic carbocycles. The van der Waals surface area contributed by atoms with Crippen LogP contribution < -0.4 is 5.73 Å². The molecule has 3 N–H and O–H groups in total. The summed E-state index contributed by atoms with van der Waals surface area (Å²) in [6.45, 7) is -0.0257. The second-order valence-electron chi connectivity index (χ2n) is 2.06. The summed E-state index contributed by atoms with van der Waals surface area (Å²) in [4.78, 5) is 15.0. The van der Waals surface area contributed by atoms with Crippen LogP contribution in [0.5, 0.6) is 0 Å². The van der Waals surface area contributed by atoms with Crippen molar-refractivity contribution in [3.63, 3.8) is 0 Å². The minimum Gasteiger partial charge on any atom is -0.391 e. The summed E-state index contributed by atoms with van der Waals surface area (Å²) in [5, 5.41) is 9.35. The molecule has 5 heteroatoms. The molecule has 1 amide bonds. The first-order chi connectivity index (χ1) is 5.72. The van der Waals surface area contributed by atoms with Crippen LogP contribution >= 0.6 is 11.3 Å². The molecule has 0 atom stereocenters. The van der Waals surface area contributed by atoms with Gasteiger partial charge in [0.25, 0.3) is 0 Å². The van der Waals surface area contributed by atoms with Crippen LogP contribution in [0.4, 0.5) is 0 Å². The van der Waals surface area contributed by atoms with Crippen LogP contribution in [0.25, 0.3) is 6.08 Å². The van der Waals surface area contributed by atoms with Gasteiger partial charge in [-0.25, -0.2) is 4.98 Å². The van der Waals surface area contributed by atoms with E-state index in [1.165, 1.54) is 23.5 Å². The molecule has 0 saturated heterocycles. The van der Waals surface area contributed by atoms with E-state index in [1.807, 2.05) is 0 Å². The largest absolute Gasteiger partial charge is 0.391 e. The molecular weight excluding hydrogens is 176 g/mol. The second kappa shape index (κ2) is 3.99. The third-order valence-corrected chi connectivity index (χ3v) is 2.06. The molecule has 64 valence electrons. The van der Waals surface area contributed by atoms with Crippen LogP contribution in [0.15, 0.2) is 12.3 Å². The maximum absolute atomic E-state index is 10.3. The number of amides is 1. The molecule has 1 rings (SSSR count). The van der Waals surface area contributed by atoms with Crippen molar-refractivity contribution < 1.29 is 9.90 Å². The number of rotatable bonds is 3. The van der Waals surface area contributed by atoms with Gasteiger partial charge in [-0.1, -0.05) is 0 Å². The van der Waals surface area contributed by atoms with Gasteiger partial charge in [-0.05, 0) is 6.08 Å². The van der Waals surface area contributed by atoms with E-state index in [0.717, 1.165) is 4.88 Å². The maximum atomic E-state index is 10.3. The Kier molecular flexibility index (Phi) is 2.95. The average molecular weight is 184 g/mol. The summed E-state index contributed by atoms with van der Waals surface area (Å²) >= 11 is 1.32. The van der Waals surface area contributed by atoms with Gasteiger partial charge in [0.1, 0.15) is 5.01 Å². The van der Waals surface area contributed by atoms with Gasteiger partial charge in [0.05, 0.1) is 11.5 Å². The minimum absolute atomic E-state index is 0.0257. The normalized spacial score (nSPS) is 10.8. The van der Waals surface area contributed by atoms with E-state index in [4.69, 9.17) is 10.8 Å². The highest BCUT2D eigenvalue weighted by Crippen LogP contribution is 2.13. The smallest absolute Gasteiger partial charge is 0.241 e. The van der Waals surface area contributed by atoms with Crippen LogP contribution in [-0.4, -0.2) is 16.0 Å². The lowest BCUT2D eigenvalue weighted by atomic mass is 10.5. The van der Waals surface area contributed by atoms with Gasteiger partial charge in [-0.15, -0.1) is 11.3 Å². The number of nitrogens with two attached hydrogens (primary N) is 1. The number of aromatic nitrogens is 1. The second-order valence-corrected chi connectivity index (χ2v) is 3.21. The van der Waals surface area contributed by atoms with Crippen molar-refractivity contribution in [3.05, 3.63) is 22.2 Å². The van der Waals surface area contributed by atoms with Crippen LogP contribution in [-0.2, 0) is 11.4 Å². The van der Waals surface area contributed by atoms with Crippen molar-refractivity contribution in [2.75, 3.05) is 0 Å². The summed E-state index contributed by atoms with van der Waals surface area (Å²) in [7, 11) is 0. The Bertz CT molecular complexity index is 306. The molecular formula is C7H8N2O2S. The predicted octanol–water partition coefficient (Wildman–Crippen LogP) is 0.134. The van der Waals surface area contributed by atoms with E-state index < -0.39 is 5.91 Å². The number of nitrogens with zero attached hydrogens (tertiary/aromatic N) is 1. The van der Waals surface area contributed by atoms with Crippen LogP contribution in [0.2, 0.25) is 0 Å². The van der Waals surface area contributed by atoms with Crippen LogP contribution in [0, 0.1) is 0 Å². The molecule has 0 unspecified atom stereocenters. The molecule has 0 aliphatic rings. The summed E-state index contributed by atoms with van der Waals surface area (Å²) in [5.41, 5.74) is 4.88. The van der Waals surface area contributed by atoms with Gasteiger partial charge in [-0.3, -0.25) is 4.79 Å². The van der Waals surface area contributed by atoms with Crippen LogP contribution in [0.3, 0.4) is 0 Å². The van der Waals surface area contributed by atoms with Crippen molar-refractivity contribution in [1.29, 1.82) is 0 Å². The van der Waals surface area contributed by atoms with Gasteiger partial charge >= 0.3 is 0 Å². The summed E-state index contributed by atoms with van der Waals surface area (Å²) in [6, 6.07) is 0. The predicted molar refractivity (Wildman–Crippen MR) is 46.3 cm³/mol. The summed E-state index contributed by atoms with van der Waals surface area (Å²) in [5.74, 6) is -0.504. The zero-order valence-corrected chi connectivity index (χ0v) is 7.04. The SMILES string of the molecule is NC(=O)C=Cc1ncc(CO)s1. The highest BCUT2D eigenvalue weighted by atomic mass is 32.1. The first kappa shape index (κ1) is 8.89. The Morgan fingerprint density at radius 1 is 1.83 bits per heavy atom. The quantitative estimate of drug-likeness (QED) is 0.656. The van der Waals surface area contributed by atoms with E-state index in [2.05, 4.69) is 4.98 Å². The number of hydrogen-bond donors (Lipinski definition) is 2. The number of aliphatic hydroxyl groups is 1. The number of hydrogen-bond acceptors (Lipinski definition) is 4. The monoisotopic (exact) mass is 184 g/mol. The minimum atomic E-state index is -0.504. The Morgan fingerprint density at radius 3 is 3.08 bits per heavy atom. The first-order valence-corrected chi connectivity index (χ1v) is 4.07. The molecule has 0 bridgehead atoms. The van der Waals surface area contributed by atoms with Gasteiger partial charge in [0.15, 0.2) is 0 Å². The lowest BCUT2D eigenvalue weighted by Crippen LogP contribution is -2.04. The topological polar surface area (TPSA) is 76.2 Å². The third kappa shape index (κ3) is 2.44. The maximum Gasteiger partial charge on any atom is 0.241 e. The van der Waals surface area contributed by atoms with E-state index in [0.29, 0.717) is 5.01 Å². The zero-order valence-electron chi connectivity index (χ0n) is 6.23. The fourth-order valence-electron chi connectivity index (χ4n) is 0.626. The Balaban J connectivity index is 2.70. The molecule has 1 heterocycles. The number of carbonyl (C=O) groups is 1. The molecule has 4 nitrogen and oxygen atoms in total. The van der Waals surface area contributed by atoms with Gasteiger partial charge in [0.2, 0.25) is 5.91 Å². The highest BCUT2D eigenvalue weighted by molar-refractivity contribution is 7.12. The van der Waals surface area contributed by atoms with E-state index >= 15 is 0 Å². The molecule has 0 saturated carbocycles. The zero-order chi connectivity index (χ0) is 8.97.